The minimum atomic E-state index is 0.253. The van der Waals surface area contributed by atoms with Crippen LogP contribution in [0.2, 0.25) is 0 Å². The Bertz CT molecular complexity index is 381. The summed E-state index contributed by atoms with van der Waals surface area (Å²) in [6.07, 6.45) is 1.09. The van der Waals surface area contributed by atoms with Crippen LogP contribution in [0.3, 0.4) is 0 Å². The molecule has 19 heavy (non-hydrogen) atoms. The van der Waals surface area contributed by atoms with Crippen molar-refractivity contribution in [1.82, 2.24) is 0 Å². The summed E-state index contributed by atoms with van der Waals surface area (Å²) < 4.78 is 16.3. The van der Waals surface area contributed by atoms with Gasteiger partial charge in [-0.15, -0.1) is 0 Å². The van der Waals surface area contributed by atoms with Gasteiger partial charge in [-0.1, -0.05) is 0 Å². The highest BCUT2D eigenvalue weighted by Crippen LogP contribution is 2.11. The molecule has 0 amide bonds. The monoisotopic (exact) mass is 263 g/mol. The van der Waals surface area contributed by atoms with Crippen LogP contribution in [0.5, 0.6) is 5.75 Å². The number of nitriles is 1. The summed E-state index contributed by atoms with van der Waals surface area (Å²) in [5, 5.41) is 8.66. The molecular formula is C15H21NO3. The molecule has 1 aromatic carbocycles. The lowest BCUT2D eigenvalue weighted by molar-refractivity contribution is 0.0170. The smallest absolute Gasteiger partial charge is 0.119 e. The van der Waals surface area contributed by atoms with Gasteiger partial charge in [0.2, 0.25) is 0 Å². The van der Waals surface area contributed by atoms with Gasteiger partial charge in [0.25, 0.3) is 0 Å². The van der Waals surface area contributed by atoms with E-state index in [9.17, 15) is 0 Å². The summed E-state index contributed by atoms with van der Waals surface area (Å²) in [4.78, 5) is 0. The van der Waals surface area contributed by atoms with Crippen LogP contribution in [0.4, 0.5) is 0 Å². The molecule has 0 aliphatic carbocycles. The molecule has 1 aromatic rings. The lowest BCUT2D eigenvalue weighted by Gasteiger charge is -2.09. The molecule has 1 rings (SSSR count). The Kier molecular flexibility index (Phi) is 7.64. The van der Waals surface area contributed by atoms with Crippen molar-refractivity contribution in [3.8, 4) is 11.8 Å². The second-order valence-corrected chi connectivity index (χ2v) is 4.37. The van der Waals surface area contributed by atoms with E-state index in [1.54, 1.807) is 24.3 Å². The van der Waals surface area contributed by atoms with E-state index >= 15 is 0 Å². The lowest BCUT2D eigenvalue weighted by atomic mass is 10.2. The maximum atomic E-state index is 8.66. The third kappa shape index (κ3) is 7.45. The highest BCUT2D eigenvalue weighted by molar-refractivity contribution is 5.34. The first-order chi connectivity index (χ1) is 9.22. The van der Waals surface area contributed by atoms with Crippen LogP contribution >= 0.6 is 0 Å². The zero-order valence-corrected chi connectivity index (χ0v) is 11.6. The molecule has 0 saturated heterocycles. The van der Waals surface area contributed by atoms with Crippen molar-refractivity contribution in [2.75, 3.05) is 26.4 Å². The minimum absolute atomic E-state index is 0.253. The van der Waals surface area contributed by atoms with Gasteiger partial charge in [0.15, 0.2) is 0 Å². The van der Waals surface area contributed by atoms with Crippen LogP contribution in [0, 0.1) is 11.3 Å². The van der Waals surface area contributed by atoms with Crippen LogP contribution in [-0.2, 0) is 9.47 Å². The molecule has 4 nitrogen and oxygen atoms in total. The highest BCUT2D eigenvalue weighted by atomic mass is 16.5. The molecule has 0 fully saturated rings. The molecule has 0 radical (unpaired) electrons. The SMILES string of the molecule is CC(C)OCCOCCCOc1ccc(C#N)cc1. The summed E-state index contributed by atoms with van der Waals surface area (Å²) in [7, 11) is 0. The van der Waals surface area contributed by atoms with Crippen molar-refractivity contribution in [3.05, 3.63) is 29.8 Å². The second-order valence-electron chi connectivity index (χ2n) is 4.37. The first-order valence-corrected chi connectivity index (χ1v) is 6.54. The maximum Gasteiger partial charge on any atom is 0.119 e. The van der Waals surface area contributed by atoms with Gasteiger partial charge in [0.1, 0.15) is 5.75 Å². The van der Waals surface area contributed by atoms with Crippen LogP contribution in [0.25, 0.3) is 0 Å². The predicted molar refractivity (Wildman–Crippen MR) is 73.2 cm³/mol. The summed E-state index contributed by atoms with van der Waals surface area (Å²) in [6.45, 7) is 6.54. The van der Waals surface area contributed by atoms with E-state index in [0.717, 1.165) is 12.2 Å². The van der Waals surface area contributed by atoms with Crippen molar-refractivity contribution in [2.24, 2.45) is 0 Å². The Morgan fingerprint density at radius 2 is 1.79 bits per heavy atom. The van der Waals surface area contributed by atoms with E-state index in [2.05, 4.69) is 6.07 Å². The van der Waals surface area contributed by atoms with Gasteiger partial charge < -0.3 is 14.2 Å². The Balaban J connectivity index is 2.00. The highest BCUT2D eigenvalue weighted by Gasteiger charge is 1.96. The predicted octanol–water partition coefficient (Wildman–Crippen LogP) is 2.77. The van der Waals surface area contributed by atoms with E-state index in [0.29, 0.717) is 32.0 Å². The van der Waals surface area contributed by atoms with Crippen LogP contribution in [0.1, 0.15) is 25.8 Å². The molecule has 0 unspecified atom stereocenters. The van der Waals surface area contributed by atoms with Crippen molar-refractivity contribution in [2.45, 2.75) is 26.4 Å². The van der Waals surface area contributed by atoms with Crippen LogP contribution in [-0.4, -0.2) is 32.5 Å². The molecule has 0 saturated carbocycles. The quantitative estimate of drug-likeness (QED) is 0.643. The second kappa shape index (κ2) is 9.37. The van der Waals surface area contributed by atoms with Crippen LogP contribution < -0.4 is 4.74 Å². The van der Waals surface area contributed by atoms with Crippen molar-refractivity contribution in [1.29, 1.82) is 5.26 Å². The molecule has 104 valence electrons. The molecule has 0 bridgehead atoms. The number of hydrogen-bond donors (Lipinski definition) is 0. The molecule has 0 heterocycles. The third-order valence-corrected chi connectivity index (χ3v) is 2.36. The van der Waals surface area contributed by atoms with Gasteiger partial charge in [-0.3, -0.25) is 0 Å². The average Bonchev–Trinajstić information content (AvgIpc) is 2.42. The normalized spacial score (nSPS) is 10.4. The zero-order valence-electron chi connectivity index (χ0n) is 11.6. The molecule has 4 heteroatoms. The van der Waals surface area contributed by atoms with E-state index in [1.807, 2.05) is 13.8 Å². The van der Waals surface area contributed by atoms with Gasteiger partial charge >= 0.3 is 0 Å². The Hall–Kier alpha value is -1.57. The fourth-order valence-electron chi connectivity index (χ4n) is 1.42. The number of hydrogen-bond acceptors (Lipinski definition) is 4. The number of nitrogens with zero attached hydrogens (tertiary/aromatic N) is 1. The standard InChI is InChI=1S/C15H21NO3/c1-13(2)18-11-10-17-8-3-9-19-15-6-4-14(12-16)5-7-15/h4-7,13H,3,8-11H2,1-2H3. The summed E-state index contributed by atoms with van der Waals surface area (Å²) >= 11 is 0. The van der Waals surface area contributed by atoms with E-state index in [1.165, 1.54) is 0 Å². The Morgan fingerprint density at radius 3 is 2.42 bits per heavy atom. The van der Waals surface area contributed by atoms with Crippen molar-refractivity contribution in [3.63, 3.8) is 0 Å². The first-order valence-electron chi connectivity index (χ1n) is 6.54. The van der Waals surface area contributed by atoms with Gasteiger partial charge in [-0.05, 0) is 38.1 Å². The first kappa shape index (κ1) is 15.5. The average molecular weight is 263 g/mol. The topological polar surface area (TPSA) is 51.5 Å². The maximum absolute atomic E-state index is 8.66. The molecule has 0 atom stereocenters. The molecule has 0 spiro atoms. The molecule has 0 aliphatic rings. The fraction of sp³-hybridized carbons (Fsp3) is 0.533. The van der Waals surface area contributed by atoms with E-state index < -0.39 is 0 Å². The summed E-state index contributed by atoms with van der Waals surface area (Å²) in [6, 6.07) is 9.16. The van der Waals surface area contributed by atoms with Gasteiger partial charge in [-0.2, -0.15) is 5.26 Å². The van der Waals surface area contributed by atoms with Crippen molar-refractivity contribution >= 4 is 0 Å². The Morgan fingerprint density at radius 1 is 1.05 bits per heavy atom. The lowest BCUT2D eigenvalue weighted by Crippen LogP contribution is -2.11. The van der Waals surface area contributed by atoms with Gasteiger partial charge in [0, 0.05) is 13.0 Å². The van der Waals surface area contributed by atoms with Crippen molar-refractivity contribution < 1.29 is 14.2 Å². The molecule has 0 aromatic heterocycles. The number of benzene rings is 1. The van der Waals surface area contributed by atoms with E-state index in [-0.39, 0.29) is 6.10 Å². The van der Waals surface area contributed by atoms with Crippen LogP contribution in [0.15, 0.2) is 24.3 Å². The summed E-state index contributed by atoms with van der Waals surface area (Å²) in [5.74, 6) is 0.780. The molecular weight excluding hydrogens is 242 g/mol. The zero-order chi connectivity index (χ0) is 13.9. The third-order valence-electron chi connectivity index (χ3n) is 2.36. The van der Waals surface area contributed by atoms with E-state index in [4.69, 9.17) is 19.5 Å². The molecule has 0 aliphatic heterocycles. The minimum Gasteiger partial charge on any atom is -0.494 e. The number of rotatable bonds is 9. The summed E-state index contributed by atoms with van der Waals surface area (Å²) in [5.41, 5.74) is 0.640. The van der Waals surface area contributed by atoms with Gasteiger partial charge in [0.05, 0.1) is 37.6 Å². The molecule has 0 N–H and O–H groups in total. The Labute approximate surface area is 114 Å². The van der Waals surface area contributed by atoms with Gasteiger partial charge in [-0.25, -0.2) is 0 Å². The fourth-order valence-corrected chi connectivity index (χ4v) is 1.42. The number of ether oxygens (including phenoxy) is 3. The largest absolute Gasteiger partial charge is 0.494 e.